The van der Waals surface area contributed by atoms with E-state index in [0.717, 1.165) is 18.4 Å². The molecule has 4 aliphatic carbocycles. The highest BCUT2D eigenvalue weighted by molar-refractivity contribution is 5.96. The smallest absolute Gasteiger partial charge is 0.321 e. The van der Waals surface area contributed by atoms with Gasteiger partial charge in [-0.25, -0.2) is 0 Å². The van der Waals surface area contributed by atoms with Gasteiger partial charge < -0.3 is 31.5 Å². The molecule has 4 aliphatic rings. The van der Waals surface area contributed by atoms with Crippen LogP contribution in [-0.4, -0.2) is 56.0 Å². The number of benzene rings is 1. The van der Waals surface area contributed by atoms with Crippen molar-refractivity contribution >= 4 is 17.8 Å². The molecule has 5 rings (SSSR count). The highest BCUT2D eigenvalue weighted by Crippen LogP contribution is 2.65. The number of nitrogens with two attached hydrogens (primary N) is 1. The van der Waals surface area contributed by atoms with Gasteiger partial charge >= 0.3 is 11.9 Å². The van der Waals surface area contributed by atoms with Crippen LogP contribution in [0.3, 0.4) is 0 Å². The summed E-state index contributed by atoms with van der Waals surface area (Å²) < 4.78 is 0. The zero-order valence-corrected chi connectivity index (χ0v) is 19.7. The molecule has 9 heteroatoms. The lowest BCUT2D eigenvalue weighted by Crippen LogP contribution is -2.68. The van der Waals surface area contributed by atoms with Crippen LogP contribution >= 0.6 is 0 Å². The number of carboxylic acids is 2. The van der Waals surface area contributed by atoms with Crippen molar-refractivity contribution in [2.45, 2.75) is 87.3 Å². The Morgan fingerprint density at radius 1 is 1.11 bits per heavy atom. The van der Waals surface area contributed by atoms with Crippen molar-refractivity contribution in [2.75, 3.05) is 0 Å². The van der Waals surface area contributed by atoms with E-state index in [4.69, 9.17) is 10.8 Å². The number of carboxylic acid groups (broad SMARTS) is 2. The first-order chi connectivity index (χ1) is 16.6. The molecule has 0 spiro atoms. The quantitative estimate of drug-likeness (QED) is 0.324. The minimum atomic E-state index is -1.25. The zero-order chi connectivity index (χ0) is 25.1. The van der Waals surface area contributed by atoms with E-state index in [1.54, 1.807) is 6.07 Å². The zero-order valence-electron chi connectivity index (χ0n) is 19.7. The topological polar surface area (TPSA) is 170 Å². The Hall–Kier alpha value is -2.65. The van der Waals surface area contributed by atoms with Gasteiger partial charge in [0, 0.05) is 17.0 Å². The number of hydrogen-bond donors (Lipinski definition) is 6. The number of hydrogen-bond acceptors (Lipinski definition) is 6. The van der Waals surface area contributed by atoms with Crippen molar-refractivity contribution < 1.29 is 34.8 Å². The second-order valence-corrected chi connectivity index (χ2v) is 11.2. The third-order valence-corrected chi connectivity index (χ3v) is 9.32. The van der Waals surface area contributed by atoms with E-state index in [0.29, 0.717) is 49.5 Å². The Morgan fingerprint density at radius 3 is 2.49 bits per heavy atom. The van der Waals surface area contributed by atoms with Gasteiger partial charge in [0.1, 0.15) is 11.8 Å². The van der Waals surface area contributed by atoms with Crippen LogP contribution in [0.15, 0.2) is 12.1 Å². The Kier molecular flexibility index (Phi) is 5.83. The van der Waals surface area contributed by atoms with Crippen LogP contribution in [0.25, 0.3) is 0 Å². The van der Waals surface area contributed by atoms with E-state index in [9.17, 15) is 29.7 Å². The maximum Gasteiger partial charge on any atom is 0.321 e. The van der Waals surface area contributed by atoms with Crippen LogP contribution in [0.1, 0.15) is 79.3 Å². The van der Waals surface area contributed by atoms with Crippen molar-refractivity contribution in [1.82, 2.24) is 5.32 Å². The summed E-state index contributed by atoms with van der Waals surface area (Å²) in [6.07, 6.45) is 6.37. The van der Waals surface area contributed by atoms with Crippen molar-refractivity contribution in [1.29, 1.82) is 0 Å². The van der Waals surface area contributed by atoms with Gasteiger partial charge in [-0.3, -0.25) is 14.4 Å². The van der Waals surface area contributed by atoms with Gasteiger partial charge in [0.2, 0.25) is 0 Å². The Bertz CT molecular complexity index is 1070. The van der Waals surface area contributed by atoms with Gasteiger partial charge in [-0.15, -0.1) is 0 Å². The van der Waals surface area contributed by atoms with Gasteiger partial charge in [0.25, 0.3) is 5.91 Å². The third kappa shape index (κ3) is 3.89. The molecule has 3 saturated carbocycles. The number of amides is 1. The largest absolute Gasteiger partial charge is 0.507 e. The SMILES string of the molecule is NC(=O)c1ccc2c(c1O)[C@]13CCC(CC4CC4)[C@H](C2)[C@]1(O)CC[C@@H](NC(CC(=O)O)C(=O)O)C3. The normalized spacial score (nSPS) is 34.4. The second-order valence-electron chi connectivity index (χ2n) is 11.2. The molecular weight excluding hydrogens is 452 g/mol. The lowest BCUT2D eigenvalue weighted by Gasteiger charge is -2.64. The molecule has 2 bridgehead atoms. The van der Waals surface area contributed by atoms with Crippen molar-refractivity contribution in [3.63, 3.8) is 0 Å². The van der Waals surface area contributed by atoms with Gasteiger partial charge in [0.05, 0.1) is 17.6 Å². The third-order valence-electron chi connectivity index (χ3n) is 9.32. The predicted molar refractivity (Wildman–Crippen MR) is 125 cm³/mol. The van der Waals surface area contributed by atoms with E-state index < -0.39 is 41.3 Å². The Balaban J connectivity index is 1.56. The number of aromatic hydroxyl groups is 1. The second kappa shape index (κ2) is 8.48. The Labute approximate surface area is 203 Å². The maximum absolute atomic E-state index is 12.4. The van der Waals surface area contributed by atoms with Gasteiger partial charge in [-0.1, -0.05) is 18.9 Å². The van der Waals surface area contributed by atoms with Crippen LogP contribution in [0.4, 0.5) is 0 Å². The van der Waals surface area contributed by atoms with E-state index in [2.05, 4.69) is 5.32 Å². The molecule has 35 heavy (non-hydrogen) atoms. The molecule has 0 aliphatic heterocycles. The molecule has 3 fully saturated rings. The lowest BCUT2D eigenvalue weighted by molar-refractivity contribution is -0.172. The summed E-state index contributed by atoms with van der Waals surface area (Å²) >= 11 is 0. The fourth-order valence-electron chi connectivity index (χ4n) is 7.65. The fraction of sp³-hybridized carbons (Fsp3) is 0.654. The van der Waals surface area contributed by atoms with Crippen LogP contribution in [-0.2, 0) is 21.4 Å². The summed E-state index contributed by atoms with van der Waals surface area (Å²) in [6, 6.07) is 1.77. The molecule has 7 N–H and O–H groups in total. The monoisotopic (exact) mass is 486 g/mol. The van der Waals surface area contributed by atoms with Crippen LogP contribution in [0.5, 0.6) is 5.75 Å². The molecule has 0 radical (unpaired) electrons. The molecule has 2 unspecified atom stereocenters. The average Bonchev–Trinajstić information content (AvgIpc) is 3.59. The van der Waals surface area contributed by atoms with Crippen LogP contribution < -0.4 is 11.1 Å². The predicted octanol–water partition coefficient (Wildman–Crippen LogP) is 1.91. The van der Waals surface area contributed by atoms with E-state index in [-0.39, 0.29) is 23.3 Å². The van der Waals surface area contributed by atoms with Crippen LogP contribution in [0, 0.1) is 17.8 Å². The molecule has 190 valence electrons. The number of carbonyl (C=O) groups excluding carboxylic acids is 1. The molecule has 9 nitrogen and oxygen atoms in total. The minimum Gasteiger partial charge on any atom is -0.507 e. The standard InChI is InChI=1S/C26H34N2O7/c27-23(32)17-4-3-15-10-18-14(9-13-1-2-13)5-7-25(21(15)22(17)31)12-16(6-8-26(18,25)35)28-19(24(33)34)11-20(29)30/h3-4,13-14,16,18-19,28,31,35H,1-2,5-12H2,(H2,27,32)(H,29,30)(H,33,34)/t14?,16-,18+,19?,25-,26-/m1/s1. The average molecular weight is 487 g/mol. The van der Waals surface area contributed by atoms with Crippen LogP contribution in [0.2, 0.25) is 0 Å². The fourth-order valence-corrected chi connectivity index (χ4v) is 7.65. The summed E-state index contributed by atoms with van der Waals surface area (Å²) in [6.45, 7) is 0. The molecule has 0 aromatic heterocycles. The number of carbonyl (C=O) groups is 3. The molecule has 0 heterocycles. The number of aliphatic hydroxyl groups is 1. The first-order valence-corrected chi connectivity index (χ1v) is 12.6. The van der Waals surface area contributed by atoms with E-state index in [1.165, 1.54) is 12.8 Å². The minimum absolute atomic E-state index is 0.0124. The van der Waals surface area contributed by atoms with Gasteiger partial charge in [-0.2, -0.15) is 0 Å². The number of phenols is 1. The number of primary amides is 1. The van der Waals surface area contributed by atoms with Crippen molar-refractivity contribution in [2.24, 2.45) is 23.5 Å². The summed E-state index contributed by atoms with van der Waals surface area (Å²) in [7, 11) is 0. The van der Waals surface area contributed by atoms with Crippen molar-refractivity contribution in [3.05, 3.63) is 28.8 Å². The summed E-state index contributed by atoms with van der Waals surface area (Å²) in [5.41, 5.74) is 5.05. The van der Waals surface area contributed by atoms with Crippen molar-refractivity contribution in [3.8, 4) is 5.75 Å². The number of nitrogens with one attached hydrogen (secondary N) is 1. The van der Waals surface area contributed by atoms with E-state index >= 15 is 0 Å². The molecule has 1 aromatic carbocycles. The van der Waals surface area contributed by atoms with E-state index in [1.807, 2.05) is 6.07 Å². The number of rotatable bonds is 8. The highest BCUT2D eigenvalue weighted by atomic mass is 16.4. The molecule has 1 amide bonds. The summed E-state index contributed by atoms with van der Waals surface area (Å²) in [4.78, 5) is 35.0. The molecule has 6 atom stereocenters. The highest BCUT2D eigenvalue weighted by Gasteiger charge is 2.65. The molecule has 1 aromatic rings. The molecular formula is C26H34N2O7. The van der Waals surface area contributed by atoms with Gasteiger partial charge in [-0.05, 0) is 74.3 Å². The number of fused-ring (bicyclic) bond motifs is 1. The maximum atomic E-state index is 12.4. The lowest BCUT2D eigenvalue weighted by atomic mass is 9.43. The molecule has 0 saturated heterocycles. The first-order valence-electron chi connectivity index (χ1n) is 12.6. The first kappa shape index (κ1) is 24.1. The summed E-state index contributed by atoms with van der Waals surface area (Å²) in [5, 5.41) is 45.4. The summed E-state index contributed by atoms with van der Waals surface area (Å²) in [5.74, 6) is -2.27. The Morgan fingerprint density at radius 2 is 1.86 bits per heavy atom. The number of aliphatic carboxylic acids is 2. The van der Waals surface area contributed by atoms with Gasteiger partial charge in [0.15, 0.2) is 0 Å².